The average Bonchev–Trinajstić information content (AvgIpc) is 2.61. The highest BCUT2D eigenvalue weighted by atomic mass is 16.2. The number of carbonyl (C=O) groups is 1. The molecule has 0 aliphatic carbocycles. The van der Waals surface area contributed by atoms with Gasteiger partial charge in [0.1, 0.15) is 0 Å². The number of hydrogen-bond donors (Lipinski definition) is 0. The van der Waals surface area contributed by atoms with Crippen LogP contribution in [0.15, 0.2) is 30.3 Å². The van der Waals surface area contributed by atoms with Crippen molar-refractivity contribution >= 4 is 5.91 Å². The first-order valence-corrected chi connectivity index (χ1v) is 9.79. The minimum Gasteiger partial charge on any atom is -0.345 e. The Morgan fingerprint density at radius 1 is 1.04 bits per heavy atom. The normalized spacial score (nSPS) is 23.4. The zero-order valence-electron chi connectivity index (χ0n) is 15.9. The third-order valence-corrected chi connectivity index (χ3v) is 5.82. The maximum absolute atomic E-state index is 11.6. The molecule has 1 aromatic carbocycles. The Kier molecular flexibility index (Phi) is 6.49. The Balaban J connectivity index is 1.36. The van der Waals surface area contributed by atoms with Gasteiger partial charge < -0.3 is 9.80 Å². The molecule has 138 valence electrons. The first-order valence-electron chi connectivity index (χ1n) is 9.79. The maximum Gasteiger partial charge on any atom is 0.222 e. The molecular weight excluding hydrogens is 310 g/mol. The molecule has 2 saturated heterocycles. The summed E-state index contributed by atoms with van der Waals surface area (Å²) in [7, 11) is 4.20. The lowest BCUT2D eigenvalue weighted by Gasteiger charge is -2.36. The average molecular weight is 344 g/mol. The summed E-state index contributed by atoms with van der Waals surface area (Å²) in [6.07, 6.45) is 4.40. The van der Waals surface area contributed by atoms with Crippen LogP contribution in [0.3, 0.4) is 0 Å². The van der Waals surface area contributed by atoms with Gasteiger partial charge in [0.2, 0.25) is 5.91 Å². The topological polar surface area (TPSA) is 26.8 Å². The van der Waals surface area contributed by atoms with E-state index in [0.717, 1.165) is 38.4 Å². The van der Waals surface area contributed by atoms with E-state index in [2.05, 4.69) is 47.2 Å². The lowest BCUT2D eigenvalue weighted by atomic mass is 9.94. The Morgan fingerprint density at radius 3 is 2.40 bits per heavy atom. The third kappa shape index (κ3) is 5.55. The van der Waals surface area contributed by atoms with Crippen LogP contribution in [0.25, 0.3) is 0 Å². The SMILES string of the molecule is CN(CC1CCN(Cc2ccccc2)CC1)CC1CCC(=O)N(C)C1. The quantitative estimate of drug-likeness (QED) is 0.795. The largest absolute Gasteiger partial charge is 0.345 e. The molecule has 0 bridgehead atoms. The molecule has 0 aromatic heterocycles. The zero-order chi connectivity index (χ0) is 17.6. The Bertz CT molecular complexity index is 539. The summed E-state index contributed by atoms with van der Waals surface area (Å²) in [5.74, 6) is 1.77. The van der Waals surface area contributed by atoms with Crippen LogP contribution < -0.4 is 0 Å². The molecule has 0 N–H and O–H groups in total. The molecule has 1 amide bonds. The molecule has 2 fully saturated rings. The van der Waals surface area contributed by atoms with Gasteiger partial charge >= 0.3 is 0 Å². The van der Waals surface area contributed by atoms with E-state index < -0.39 is 0 Å². The van der Waals surface area contributed by atoms with Gasteiger partial charge in [-0.15, -0.1) is 0 Å². The number of rotatable bonds is 6. The summed E-state index contributed by atoms with van der Waals surface area (Å²) in [6.45, 7) is 6.78. The van der Waals surface area contributed by atoms with Gasteiger partial charge in [-0.2, -0.15) is 0 Å². The molecule has 2 aliphatic heterocycles. The summed E-state index contributed by atoms with van der Waals surface area (Å²) >= 11 is 0. The monoisotopic (exact) mass is 343 g/mol. The molecule has 0 saturated carbocycles. The van der Waals surface area contributed by atoms with Crippen LogP contribution in [0.1, 0.15) is 31.2 Å². The van der Waals surface area contributed by atoms with Crippen LogP contribution in [-0.2, 0) is 11.3 Å². The predicted octanol–water partition coefficient (Wildman–Crippen LogP) is 2.70. The maximum atomic E-state index is 11.6. The molecule has 4 heteroatoms. The van der Waals surface area contributed by atoms with Gasteiger partial charge in [-0.1, -0.05) is 30.3 Å². The highest BCUT2D eigenvalue weighted by Crippen LogP contribution is 2.22. The molecule has 2 heterocycles. The molecule has 1 atom stereocenters. The van der Waals surface area contributed by atoms with E-state index in [1.54, 1.807) is 0 Å². The van der Waals surface area contributed by atoms with E-state index >= 15 is 0 Å². The van der Waals surface area contributed by atoms with Crippen molar-refractivity contribution in [2.45, 2.75) is 32.2 Å². The summed E-state index contributed by atoms with van der Waals surface area (Å²) in [5, 5.41) is 0. The molecule has 2 aliphatic rings. The number of hydrogen-bond acceptors (Lipinski definition) is 3. The predicted molar refractivity (Wildman–Crippen MR) is 102 cm³/mol. The van der Waals surface area contributed by atoms with Crippen molar-refractivity contribution < 1.29 is 4.79 Å². The minimum atomic E-state index is 0.310. The fourth-order valence-corrected chi connectivity index (χ4v) is 4.37. The highest BCUT2D eigenvalue weighted by Gasteiger charge is 2.25. The Morgan fingerprint density at radius 2 is 1.72 bits per heavy atom. The van der Waals surface area contributed by atoms with Crippen LogP contribution >= 0.6 is 0 Å². The van der Waals surface area contributed by atoms with Crippen molar-refractivity contribution in [2.75, 3.05) is 46.8 Å². The van der Waals surface area contributed by atoms with Gasteiger partial charge in [-0.25, -0.2) is 0 Å². The lowest BCUT2D eigenvalue weighted by Crippen LogP contribution is -2.43. The second-order valence-electron chi connectivity index (χ2n) is 8.11. The molecule has 1 aromatic rings. The van der Waals surface area contributed by atoms with Gasteiger partial charge in [0, 0.05) is 39.6 Å². The van der Waals surface area contributed by atoms with E-state index in [4.69, 9.17) is 0 Å². The smallest absolute Gasteiger partial charge is 0.222 e. The summed E-state index contributed by atoms with van der Waals surface area (Å²) in [5.41, 5.74) is 1.43. The van der Waals surface area contributed by atoms with Gasteiger partial charge in [-0.3, -0.25) is 9.69 Å². The van der Waals surface area contributed by atoms with Gasteiger partial charge in [-0.05, 0) is 56.8 Å². The third-order valence-electron chi connectivity index (χ3n) is 5.82. The number of carbonyl (C=O) groups excluding carboxylic acids is 1. The van der Waals surface area contributed by atoms with Crippen LogP contribution in [0.4, 0.5) is 0 Å². The number of likely N-dealkylation sites (tertiary alicyclic amines) is 2. The van der Waals surface area contributed by atoms with E-state index in [0.29, 0.717) is 11.8 Å². The number of nitrogens with zero attached hydrogens (tertiary/aromatic N) is 3. The first kappa shape index (κ1) is 18.4. The number of benzene rings is 1. The Hall–Kier alpha value is -1.39. The van der Waals surface area contributed by atoms with Crippen LogP contribution in [0, 0.1) is 11.8 Å². The first-order chi connectivity index (χ1) is 12.1. The van der Waals surface area contributed by atoms with E-state index in [1.165, 1.54) is 38.0 Å². The molecule has 0 spiro atoms. The van der Waals surface area contributed by atoms with Gasteiger partial charge in [0.05, 0.1) is 0 Å². The second kappa shape index (κ2) is 8.81. The van der Waals surface area contributed by atoms with Gasteiger partial charge in [0.15, 0.2) is 0 Å². The number of piperidine rings is 2. The van der Waals surface area contributed by atoms with Crippen LogP contribution in [0.5, 0.6) is 0 Å². The fraction of sp³-hybridized carbons (Fsp3) is 0.667. The minimum absolute atomic E-state index is 0.310. The second-order valence-corrected chi connectivity index (χ2v) is 8.11. The molecule has 25 heavy (non-hydrogen) atoms. The molecule has 3 rings (SSSR count). The van der Waals surface area contributed by atoms with E-state index in [1.807, 2.05) is 11.9 Å². The lowest BCUT2D eigenvalue weighted by molar-refractivity contribution is -0.133. The van der Waals surface area contributed by atoms with Crippen LogP contribution in [-0.4, -0.2) is 67.4 Å². The van der Waals surface area contributed by atoms with E-state index in [-0.39, 0.29) is 0 Å². The van der Waals surface area contributed by atoms with Crippen molar-refractivity contribution in [2.24, 2.45) is 11.8 Å². The van der Waals surface area contributed by atoms with Crippen molar-refractivity contribution in [1.29, 1.82) is 0 Å². The van der Waals surface area contributed by atoms with E-state index in [9.17, 15) is 4.79 Å². The molecule has 4 nitrogen and oxygen atoms in total. The summed E-state index contributed by atoms with van der Waals surface area (Å²) < 4.78 is 0. The molecular formula is C21H33N3O. The fourth-order valence-electron chi connectivity index (χ4n) is 4.37. The van der Waals surface area contributed by atoms with Crippen molar-refractivity contribution in [3.05, 3.63) is 35.9 Å². The van der Waals surface area contributed by atoms with Gasteiger partial charge in [0.25, 0.3) is 0 Å². The summed E-state index contributed by atoms with van der Waals surface area (Å²) in [4.78, 5) is 18.6. The van der Waals surface area contributed by atoms with Crippen molar-refractivity contribution in [1.82, 2.24) is 14.7 Å². The van der Waals surface area contributed by atoms with Crippen LogP contribution in [0.2, 0.25) is 0 Å². The summed E-state index contributed by atoms with van der Waals surface area (Å²) in [6, 6.07) is 10.8. The molecule has 0 radical (unpaired) electrons. The number of amides is 1. The van der Waals surface area contributed by atoms with Crippen molar-refractivity contribution in [3.63, 3.8) is 0 Å². The standard InChI is InChI=1S/C21H33N3O/c1-22(15-20-8-9-21(25)23(2)16-20)14-19-10-12-24(13-11-19)17-18-6-4-3-5-7-18/h3-7,19-20H,8-17H2,1-2H3. The highest BCUT2D eigenvalue weighted by molar-refractivity contribution is 5.76. The van der Waals surface area contributed by atoms with Crippen molar-refractivity contribution in [3.8, 4) is 0 Å². The zero-order valence-corrected chi connectivity index (χ0v) is 15.9. The Labute approximate surface area is 152 Å². The molecule has 1 unspecified atom stereocenters.